The Hall–Kier alpha value is -1.91. The Morgan fingerprint density at radius 3 is 2.31 bits per heavy atom. The predicted molar refractivity (Wildman–Crippen MR) is 116 cm³/mol. The Morgan fingerprint density at radius 1 is 0.923 bits per heavy atom. The van der Waals surface area contributed by atoms with Crippen LogP contribution in [0.1, 0.15) is 22.3 Å². The average molecular weight is 473 g/mol. The molecular weight excluding hydrogens is 454 g/mol. The number of halogens is 2. The minimum Gasteiger partial charge on any atom is -0.487 e. The highest BCUT2D eigenvalue weighted by Crippen LogP contribution is 2.35. The summed E-state index contributed by atoms with van der Waals surface area (Å²) in [6.07, 6.45) is 1.87. The lowest BCUT2D eigenvalue weighted by Crippen LogP contribution is -1.97. The molecule has 0 amide bonds. The first-order valence-electron chi connectivity index (χ1n) is 8.30. The van der Waals surface area contributed by atoms with Crippen LogP contribution in [0.15, 0.2) is 74.6 Å². The molecule has 2 nitrogen and oxygen atoms in total. The molecule has 0 aliphatic carbocycles. The SMILES string of the molecule is Cc1ccc(C)c(N=Cc2cc(Br)c(OCc3ccccc3)c(Br)c2)c1. The fourth-order valence-corrected chi connectivity index (χ4v) is 3.98. The van der Waals surface area contributed by atoms with E-state index in [1.54, 1.807) is 0 Å². The number of ether oxygens (including phenoxy) is 1. The molecule has 26 heavy (non-hydrogen) atoms. The Balaban J connectivity index is 1.78. The largest absolute Gasteiger partial charge is 0.487 e. The topological polar surface area (TPSA) is 21.6 Å². The molecule has 3 rings (SSSR count). The highest BCUT2D eigenvalue weighted by molar-refractivity contribution is 9.11. The summed E-state index contributed by atoms with van der Waals surface area (Å²) < 4.78 is 7.76. The van der Waals surface area contributed by atoms with E-state index in [1.807, 2.05) is 48.7 Å². The van der Waals surface area contributed by atoms with Crippen LogP contribution in [0.2, 0.25) is 0 Å². The third-order valence-electron chi connectivity index (χ3n) is 3.96. The number of aliphatic imine (C=N–C) groups is 1. The molecule has 0 fully saturated rings. The lowest BCUT2D eigenvalue weighted by Gasteiger charge is -2.11. The van der Waals surface area contributed by atoms with Crippen LogP contribution < -0.4 is 4.74 Å². The molecule has 3 aromatic rings. The van der Waals surface area contributed by atoms with Gasteiger partial charge in [0.1, 0.15) is 12.4 Å². The van der Waals surface area contributed by atoms with Crippen molar-refractivity contribution >= 4 is 43.8 Å². The van der Waals surface area contributed by atoms with Crippen molar-refractivity contribution in [1.82, 2.24) is 0 Å². The molecule has 0 spiro atoms. The van der Waals surface area contributed by atoms with Gasteiger partial charge in [0.25, 0.3) is 0 Å². The first kappa shape index (κ1) is 18.9. The number of benzene rings is 3. The van der Waals surface area contributed by atoms with Crippen molar-refractivity contribution in [1.29, 1.82) is 0 Å². The average Bonchev–Trinajstić information content (AvgIpc) is 2.62. The van der Waals surface area contributed by atoms with Crippen LogP contribution in [0.25, 0.3) is 0 Å². The fraction of sp³-hybridized carbons (Fsp3) is 0.136. The number of rotatable bonds is 5. The van der Waals surface area contributed by atoms with Gasteiger partial charge in [-0.15, -0.1) is 0 Å². The lowest BCUT2D eigenvalue weighted by atomic mass is 10.1. The molecule has 0 saturated heterocycles. The van der Waals surface area contributed by atoms with Gasteiger partial charge in [-0.1, -0.05) is 42.5 Å². The maximum Gasteiger partial charge on any atom is 0.148 e. The van der Waals surface area contributed by atoms with Crippen LogP contribution in [0.4, 0.5) is 5.69 Å². The molecular formula is C22H19Br2NO. The van der Waals surface area contributed by atoms with Crippen LogP contribution in [0, 0.1) is 13.8 Å². The minimum absolute atomic E-state index is 0.522. The normalized spacial score (nSPS) is 11.1. The van der Waals surface area contributed by atoms with E-state index in [0.29, 0.717) is 6.61 Å². The number of aryl methyl sites for hydroxylation is 2. The van der Waals surface area contributed by atoms with E-state index in [1.165, 1.54) is 5.56 Å². The van der Waals surface area contributed by atoms with Gasteiger partial charge in [-0.2, -0.15) is 0 Å². The molecule has 3 aromatic carbocycles. The standard InChI is InChI=1S/C22H19Br2NO/c1-15-8-9-16(2)21(10-15)25-13-18-11-19(23)22(20(24)12-18)26-14-17-6-4-3-5-7-17/h3-13H,14H2,1-2H3. The Labute approximate surface area is 171 Å². The van der Waals surface area contributed by atoms with Gasteiger partial charge < -0.3 is 4.74 Å². The van der Waals surface area contributed by atoms with E-state index in [4.69, 9.17) is 4.74 Å². The maximum absolute atomic E-state index is 5.97. The first-order valence-corrected chi connectivity index (χ1v) is 9.88. The van der Waals surface area contributed by atoms with Gasteiger partial charge in [0, 0.05) is 6.21 Å². The summed E-state index contributed by atoms with van der Waals surface area (Å²) in [6.45, 7) is 4.66. The summed E-state index contributed by atoms with van der Waals surface area (Å²) >= 11 is 7.21. The van der Waals surface area contributed by atoms with E-state index in [9.17, 15) is 0 Å². The zero-order valence-corrected chi connectivity index (χ0v) is 17.8. The molecule has 0 unspecified atom stereocenters. The maximum atomic E-state index is 5.97. The second-order valence-electron chi connectivity index (χ2n) is 6.14. The second-order valence-corrected chi connectivity index (χ2v) is 7.84. The van der Waals surface area contributed by atoms with Gasteiger partial charge in [-0.05, 0) is 86.2 Å². The second kappa shape index (κ2) is 8.65. The highest BCUT2D eigenvalue weighted by Gasteiger charge is 2.09. The molecule has 0 heterocycles. The van der Waals surface area contributed by atoms with Crippen LogP contribution in [-0.4, -0.2) is 6.21 Å². The van der Waals surface area contributed by atoms with Crippen LogP contribution in [0.5, 0.6) is 5.75 Å². The summed E-state index contributed by atoms with van der Waals surface area (Å²) in [7, 11) is 0. The lowest BCUT2D eigenvalue weighted by molar-refractivity contribution is 0.302. The van der Waals surface area contributed by atoms with Gasteiger partial charge in [-0.25, -0.2) is 0 Å². The van der Waals surface area contributed by atoms with Crippen LogP contribution in [0.3, 0.4) is 0 Å². The molecule has 0 atom stereocenters. The highest BCUT2D eigenvalue weighted by atomic mass is 79.9. The third-order valence-corrected chi connectivity index (χ3v) is 5.14. The van der Waals surface area contributed by atoms with E-state index in [0.717, 1.165) is 37.1 Å². The fourth-order valence-electron chi connectivity index (χ4n) is 2.52. The van der Waals surface area contributed by atoms with Gasteiger partial charge in [0.2, 0.25) is 0 Å². The van der Waals surface area contributed by atoms with E-state index < -0.39 is 0 Å². The van der Waals surface area contributed by atoms with Crippen molar-refractivity contribution in [2.24, 2.45) is 4.99 Å². The number of hydrogen-bond donors (Lipinski definition) is 0. The zero-order chi connectivity index (χ0) is 18.5. The summed E-state index contributed by atoms with van der Waals surface area (Å²) in [5.74, 6) is 0.790. The first-order chi connectivity index (χ1) is 12.5. The quantitative estimate of drug-likeness (QED) is 0.361. The molecule has 0 saturated carbocycles. The molecule has 0 aromatic heterocycles. The monoisotopic (exact) mass is 471 g/mol. The van der Waals surface area contributed by atoms with Crippen LogP contribution >= 0.6 is 31.9 Å². The van der Waals surface area contributed by atoms with Crippen LogP contribution in [-0.2, 0) is 6.61 Å². The summed E-state index contributed by atoms with van der Waals surface area (Å²) in [4.78, 5) is 4.63. The molecule has 0 aliphatic heterocycles. The summed E-state index contributed by atoms with van der Waals surface area (Å²) in [5, 5.41) is 0. The van der Waals surface area contributed by atoms with Gasteiger partial charge in [-0.3, -0.25) is 4.99 Å². The van der Waals surface area contributed by atoms with Gasteiger partial charge >= 0.3 is 0 Å². The Bertz CT molecular complexity index is 913. The molecule has 0 radical (unpaired) electrons. The number of nitrogens with zero attached hydrogens (tertiary/aromatic N) is 1. The van der Waals surface area contributed by atoms with Crippen molar-refractivity contribution in [3.63, 3.8) is 0 Å². The van der Waals surface area contributed by atoms with E-state index in [-0.39, 0.29) is 0 Å². The van der Waals surface area contributed by atoms with E-state index in [2.05, 4.69) is 68.9 Å². The molecule has 132 valence electrons. The predicted octanol–water partition coefficient (Wildman–Crippen LogP) is 7.16. The van der Waals surface area contributed by atoms with Crippen molar-refractivity contribution < 1.29 is 4.74 Å². The van der Waals surface area contributed by atoms with E-state index >= 15 is 0 Å². The van der Waals surface area contributed by atoms with Crippen molar-refractivity contribution in [3.8, 4) is 5.75 Å². The van der Waals surface area contributed by atoms with Gasteiger partial charge in [0.05, 0.1) is 14.6 Å². The zero-order valence-electron chi connectivity index (χ0n) is 14.7. The summed E-state index contributed by atoms with van der Waals surface area (Å²) in [5.41, 5.74) is 5.48. The molecule has 4 heteroatoms. The third kappa shape index (κ3) is 4.83. The smallest absolute Gasteiger partial charge is 0.148 e. The van der Waals surface area contributed by atoms with Crippen molar-refractivity contribution in [2.45, 2.75) is 20.5 Å². The van der Waals surface area contributed by atoms with Crippen molar-refractivity contribution in [2.75, 3.05) is 0 Å². The van der Waals surface area contributed by atoms with Crippen molar-refractivity contribution in [3.05, 3.63) is 91.9 Å². The summed E-state index contributed by atoms with van der Waals surface area (Å²) in [6, 6.07) is 20.4. The Morgan fingerprint density at radius 2 is 1.62 bits per heavy atom. The minimum atomic E-state index is 0.522. The Kier molecular flexibility index (Phi) is 6.28. The molecule has 0 aliphatic rings. The molecule has 0 bridgehead atoms. The molecule has 0 N–H and O–H groups in total. The number of hydrogen-bond acceptors (Lipinski definition) is 2. The van der Waals surface area contributed by atoms with Gasteiger partial charge in [0.15, 0.2) is 0 Å².